The van der Waals surface area contributed by atoms with E-state index in [0.29, 0.717) is 0 Å². The minimum absolute atomic E-state index is 0.175. The van der Waals surface area contributed by atoms with E-state index in [2.05, 4.69) is 29.8 Å². The second-order valence-corrected chi connectivity index (χ2v) is 6.70. The fourth-order valence-corrected chi connectivity index (χ4v) is 4.02. The van der Waals surface area contributed by atoms with Gasteiger partial charge in [0.1, 0.15) is 0 Å². The van der Waals surface area contributed by atoms with Crippen LogP contribution in [0.25, 0.3) is 0 Å². The van der Waals surface area contributed by atoms with Gasteiger partial charge in [-0.1, -0.05) is 13.0 Å². The molecule has 0 spiro atoms. The number of hydrogen-bond donors (Lipinski definition) is 2. The molecule has 1 saturated heterocycles. The average molecular weight is 242 g/mol. The molecule has 0 radical (unpaired) electrons. The molecule has 1 aliphatic heterocycles. The van der Waals surface area contributed by atoms with Crippen molar-refractivity contribution >= 4 is 23.1 Å². The van der Waals surface area contributed by atoms with Crippen LogP contribution in [0.5, 0.6) is 0 Å². The highest BCUT2D eigenvalue weighted by Gasteiger charge is 2.36. The quantitative estimate of drug-likeness (QED) is 0.849. The van der Waals surface area contributed by atoms with Crippen LogP contribution in [0.3, 0.4) is 0 Å². The van der Waals surface area contributed by atoms with Crippen LogP contribution in [-0.4, -0.2) is 23.1 Å². The smallest absolute Gasteiger partial charge is 0.0408 e. The number of thiophene rings is 1. The predicted octanol–water partition coefficient (Wildman–Crippen LogP) is 2.06. The van der Waals surface area contributed by atoms with Crippen LogP contribution in [-0.2, 0) is 6.54 Å². The summed E-state index contributed by atoms with van der Waals surface area (Å²) in [6, 6.07) is 4.27. The molecule has 0 saturated carbocycles. The van der Waals surface area contributed by atoms with Gasteiger partial charge < -0.3 is 11.1 Å². The number of thioether (sulfide) groups is 1. The van der Waals surface area contributed by atoms with Gasteiger partial charge in [0.05, 0.1) is 0 Å². The first-order chi connectivity index (χ1) is 7.24. The van der Waals surface area contributed by atoms with Crippen LogP contribution in [0, 0.1) is 0 Å². The van der Waals surface area contributed by atoms with Crippen LogP contribution in [0.4, 0.5) is 0 Å². The van der Waals surface area contributed by atoms with Gasteiger partial charge in [0.25, 0.3) is 0 Å². The lowest BCUT2D eigenvalue weighted by Crippen LogP contribution is -2.51. The summed E-state index contributed by atoms with van der Waals surface area (Å²) >= 11 is 3.83. The Hall–Kier alpha value is -0.0300. The van der Waals surface area contributed by atoms with Crippen LogP contribution < -0.4 is 11.1 Å². The highest BCUT2D eigenvalue weighted by Crippen LogP contribution is 2.33. The molecule has 2 nitrogen and oxygen atoms in total. The van der Waals surface area contributed by atoms with Crippen molar-refractivity contribution in [2.45, 2.75) is 30.7 Å². The summed E-state index contributed by atoms with van der Waals surface area (Å²) in [5.41, 5.74) is 6.07. The van der Waals surface area contributed by atoms with Crippen molar-refractivity contribution in [2.24, 2.45) is 5.73 Å². The Morgan fingerprint density at radius 1 is 1.67 bits per heavy atom. The Morgan fingerprint density at radius 3 is 3.07 bits per heavy atom. The van der Waals surface area contributed by atoms with Crippen molar-refractivity contribution < 1.29 is 0 Å². The molecule has 0 aromatic carbocycles. The molecule has 1 aromatic rings. The summed E-state index contributed by atoms with van der Waals surface area (Å²) in [7, 11) is 0. The third-order valence-corrected chi connectivity index (χ3v) is 5.26. The van der Waals surface area contributed by atoms with Crippen molar-refractivity contribution in [1.29, 1.82) is 0 Å². The minimum atomic E-state index is 0.175. The molecule has 15 heavy (non-hydrogen) atoms. The van der Waals surface area contributed by atoms with E-state index >= 15 is 0 Å². The zero-order valence-corrected chi connectivity index (χ0v) is 10.7. The molecule has 1 aromatic heterocycles. The van der Waals surface area contributed by atoms with Gasteiger partial charge in [-0.05, 0) is 17.9 Å². The molecule has 0 bridgehead atoms. The normalized spacial score (nSPS) is 30.9. The van der Waals surface area contributed by atoms with Gasteiger partial charge in [-0.15, -0.1) is 11.3 Å². The molecule has 84 valence electrons. The van der Waals surface area contributed by atoms with E-state index in [9.17, 15) is 0 Å². The van der Waals surface area contributed by atoms with Gasteiger partial charge in [-0.2, -0.15) is 11.8 Å². The van der Waals surface area contributed by atoms with Crippen LogP contribution in [0.1, 0.15) is 18.2 Å². The first-order valence-corrected chi connectivity index (χ1v) is 7.26. The van der Waals surface area contributed by atoms with Gasteiger partial charge in [-0.25, -0.2) is 0 Å². The standard InChI is InChI=1S/C11H18N2S2/c1-9-5-11(7-12,8-15-9)13-6-10-3-2-4-14-10/h2-4,9,13H,5-8,12H2,1H3. The van der Waals surface area contributed by atoms with Crippen molar-refractivity contribution in [1.82, 2.24) is 5.32 Å². The van der Waals surface area contributed by atoms with E-state index in [1.165, 1.54) is 11.3 Å². The summed E-state index contributed by atoms with van der Waals surface area (Å²) < 4.78 is 0. The van der Waals surface area contributed by atoms with Crippen molar-refractivity contribution in [2.75, 3.05) is 12.3 Å². The van der Waals surface area contributed by atoms with Gasteiger partial charge in [0, 0.05) is 34.5 Å². The zero-order chi connectivity index (χ0) is 10.7. The van der Waals surface area contributed by atoms with Crippen molar-refractivity contribution in [3.63, 3.8) is 0 Å². The van der Waals surface area contributed by atoms with Gasteiger partial charge >= 0.3 is 0 Å². The lowest BCUT2D eigenvalue weighted by atomic mass is 9.96. The Kier molecular flexibility index (Phi) is 3.72. The molecule has 2 unspecified atom stereocenters. The maximum Gasteiger partial charge on any atom is 0.0408 e. The highest BCUT2D eigenvalue weighted by atomic mass is 32.2. The molecule has 4 heteroatoms. The maximum absolute atomic E-state index is 5.90. The summed E-state index contributed by atoms with van der Waals surface area (Å²) in [6.07, 6.45) is 1.19. The number of nitrogens with one attached hydrogen (secondary N) is 1. The first-order valence-electron chi connectivity index (χ1n) is 5.33. The zero-order valence-electron chi connectivity index (χ0n) is 9.03. The second kappa shape index (κ2) is 4.87. The molecule has 2 atom stereocenters. The molecule has 0 aliphatic carbocycles. The maximum atomic E-state index is 5.90. The summed E-state index contributed by atoms with van der Waals surface area (Å²) in [5, 5.41) is 6.51. The average Bonchev–Trinajstić information content (AvgIpc) is 2.85. The predicted molar refractivity (Wildman–Crippen MR) is 69.5 cm³/mol. The Morgan fingerprint density at radius 2 is 2.53 bits per heavy atom. The summed E-state index contributed by atoms with van der Waals surface area (Å²) in [6.45, 7) is 3.99. The molecule has 1 aliphatic rings. The second-order valence-electron chi connectivity index (χ2n) is 4.24. The molecule has 0 amide bonds. The molecule has 2 rings (SSSR count). The highest BCUT2D eigenvalue weighted by molar-refractivity contribution is 8.00. The first kappa shape index (κ1) is 11.5. The van der Waals surface area contributed by atoms with E-state index in [1.54, 1.807) is 11.3 Å². The van der Waals surface area contributed by atoms with E-state index in [1.807, 2.05) is 11.8 Å². The van der Waals surface area contributed by atoms with E-state index in [-0.39, 0.29) is 5.54 Å². The van der Waals surface area contributed by atoms with Crippen molar-refractivity contribution in [3.05, 3.63) is 22.4 Å². The fraction of sp³-hybridized carbons (Fsp3) is 0.636. The molecular weight excluding hydrogens is 224 g/mol. The van der Waals surface area contributed by atoms with E-state index in [4.69, 9.17) is 5.73 Å². The van der Waals surface area contributed by atoms with Gasteiger partial charge in [-0.3, -0.25) is 0 Å². The summed E-state index contributed by atoms with van der Waals surface area (Å²) in [4.78, 5) is 1.40. The molecular formula is C11H18N2S2. The largest absolute Gasteiger partial charge is 0.329 e. The fourth-order valence-electron chi connectivity index (χ4n) is 2.00. The Balaban J connectivity index is 1.91. The molecule has 3 N–H and O–H groups in total. The number of nitrogens with two attached hydrogens (primary N) is 1. The Bertz CT molecular complexity index is 300. The minimum Gasteiger partial charge on any atom is -0.329 e. The third-order valence-electron chi connectivity index (χ3n) is 2.93. The topological polar surface area (TPSA) is 38.0 Å². The molecule has 1 fully saturated rings. The summed E-state index contributed by atoms with van der Waals surface area (Å²) in [5.74, 6) is 1.15. The number of hydrogen-bond acceptors (Lipinski definition) is 4. The molecule has 2 heterocycles. The van der Waals surface area contributed by atoms with Gasteiger partial charge in [0.15, 0.2) is 0 Å². The Labute approximate surface area is 99.6 Å². The lowest BCUT2D eigenvalue weighted by molar-refractivity contribution is 0.360. The lowest BCUT2D eigenvalue weighted by Gasteiger charge is -2.28. The van der Waals surface area contributed by atoms with E-state index in [0.717, 1.165) is 24.1 Å². The van der Waals surface area contributed by atoms with Crippen molar-refractivity contribution in [3.8, 4) is 0 Å². The third kappa shape index (κ3) is 2.75. The monoisotopic (exact) mass is 242 g/mol. The number of rotatable bonds is 4. The van der Waals surface area contributed by atoms with Crippen LogP contribution >= 0.6 is 23.1 Å². The SMILES string of the molecule is CC1CC(CN)(NCc2cccs2)CS1. The van der Waals surface area contributed by atoms with Crippen LogP contribution in [0.2, 0.25) is 0 Å². The van der Waals surface area contributed by atoms with Crippen LogP contribution in [0.15, 0.2) is 17.5 Å². The van der Waals surface area contributed by atoms with E-state index < -0.39 is 0 Å². The van der Waals surface area contributed by atoms with Gasteiger partial charge in [0.2, 0.25) is 0 Å².